The van der Waals surface area contributed by atoms with E-state index in [4.69, 9.17) is 10.2 Å². The minimum Gasteiger partial charge on any atom is -0.469 e. The van der Waals surface area contributed by atoms with Crippen LogP contribution in [0, 0.1) is 6.92 Å². The van der Waals surface area contributed by atoms with Crippen LogP contribution in [-0.2, 0) is 6.42 Å². The van der Waals surface area contributed by atoms with E-state index in [0.29, 0.717) is 11.3 Å². The van der Waals surface area contributed by atoms with E-state index in [-0.39, 0.29) is 11.9 Å². The van der Waals surface area contributed by atoms with Crippen LogP contribution in [0.2, 0.25) is 0 Å². The van der Waals surface area contributed by atoms with Gasteiger partial charge in [0.05, 0.1) is 17.9 Å². The first kappa shape index (κ1) is 12.8. The fourth-order valence-electron chi connectivity index (χ4n) is 2.84. The van der Waals surface area contributed by atoms with Gasteiger partial charge in [-0.05, 0) is 55.5 Å². The molecule has 1 unspecified atom stereocenters. The Morgan fingerprint density at radius 2 is 2.25 bits per heavy atom. The molecule has 0 saturated carbocycles. The number of carbonyl (C=O) groups excluding carboxylic acids is 1. The number of benzene rings is 1. The molecule has 2 aromatic rings. The Morgan fingerprint density at radius 3 is 3.00 bits per heavy atom. The van der Waals surface area contributed by atoms with Gasteiger partial charge in [-0.25, -0.2) is 0 Å². The number of nitrogens with two attached hydrogens (primary N) is 1. The lowest BCUT2D eigenvalue weighted by atomic mass is 9.87. The summed E-state index contributed by atoms with van der Waals surface area (Å²) in [5.41, 5.74) is 9.63. The van der Waals surface area contributed by atoms with Crippen molar-refractivity contribution in [3.8, 4) is 0 Å². The average molecular weight is 270 g/mol. The molecule has 1 aliphatic carbocycles. The molecule has 0 radical (unpaired) electrons. The summed E-state index contributed by atoms with van der Waals surface area (Å²) in [6.07, 6.45) is 4.59. The van der Waals surface area contributed by atoms with Crippen molar-refractivity contribution < 1.29 is 9.21 Å². The van der Waals surface area contributed by atoms with Gasteiger partial charge in [0.15, 0.2) is 0 Å². The lowest BCUT2D eigenvalue weighted by Crippen LogP contribution is -2.31. The largest absolute Gasteiger partial charge is 0.469 e. The average Bonchev–Trinajstić information content (AvgIpc) is 2.85. The van der Waals surface area contributed by atoms with E-state index in [1.165, 1.54) is 11.1 Å². The van der Waals surface area contributed by atoms with Crippen molar-refractivity contribution >= 4 is 11.6 Å². The molecule has 0 saturated heterocycles. The Bertz CT molecular complexity index is 646. The van der Waals surface area contributed by atoms with Gasteiger partial charge in [0.25, 0.3) is 5.91 Å². The van der Waals surface area contributed by atoms with E-state index in [0.717, 1.165) is 24.9 Å². The third kappa shape index (κ3) is 2.29. The topological polar surface area (TPSA) is 68.3 Å². The van der Waals surface area contributed by atoms with Crippen LogP contribution in [0.5, 0.6) is 0 Å². The highest BCUT2D eigenvalue weighted by Crippen LogP contribution is 2.31. The molecule has 1 amide bonds. The summed E-state index contributed by atoms with van der Waals surface area (Å²) in [6.45, 7) is 1.80. The van der Waals surface area contributed by atoms with Gasteiger partial charge in [0.2, 0.25) is 0 Å². The van der Waals surface area contributed by atoms with E-state index in [2.05, 4.69) is 5.32 Å². The van der Waals surface area contributed by atoms with Gasteiger partial charge in [-0.3, -0.25) is 4.79 Å². The minimum absolute atomic E-state index is 0.0566. The van der Waals surface area contributed by atoms with Crippen LogP contribution >= 0.6 is 0 Å². The number of hydrogen-bond donors (Lipinski definition) is 2. The molecule has 4 nitrogen and oxygen atoms in total. The van der Waals surface area contributed by atoms with Crippen molar-refractivity contribution in [1.29, 1.82) is 0 Å². The molecule has 1 heterocycles. The molecule has 104 valence electrons. The van der Waals surface area contributed by atoms with Crippen LogP contribution in [0.15, 0.2) is 34.9 Å². The van der Waals surface area contributed by atoms with Crippen LogP contribution in [0.1, 0.15) is 46.1 Å². The maximum atomic E-state index is 12.3. The number of amides is 1. The van der Waals surface area contributed by atoms with Gasteiger partial charge in [-0.15, -0.1) is 0 Å². The highest BCUT2D eigenvalue weighted by atomic mass is 16.3. The van der Waals surface area contributed by atoms with E-state index >= 15 is 0 Å². The summed E-state index contributed by atoms with van der Waals surface area (Å²) in [5.74, 6) is 0.571. The van der Waals surface area contributed by atoms with Crippen molar-refractivity contribution in [2.75, 3.05) is 5.73 Å². The zero-order chi connectivity index (χ0) is 14.1. The van der Waals surface area contributed by atoms with Crippen molar-refractivity contribution in [3.05, 3.63) is 53.0 Å². The van der Waals surface area contributed by atoms with Gasteiger partial charge < -0.3 is 15.5 Å². The highest BCUT2D eigenvalue weighted by molar-refractivity contribution is 5.95. The van der Waals surface area contributed by atoms with E-state index in [9.17, 15) is 4.79 Å². The molecule has 1 atom stereocenters. The van der Waals surface area contributed by atoms with Crippen molar-refractivity contribution in [2.45, 2.75) is 32.2 Å². The summed E-state index contributed by atoms with van der Waals surface area (Å²) in [6, 6.07) is 7.69. The van der Waals surface area contributed by atoms with Gasteiger partial charge in [0, 0.05) is 5.69 Å². The summed E-state index contributed by atoms with van der Waals surface area (Å²) in [7, 11) is 0. The first-order valence-corrected chi connectivity index (χ1v) is 6.88. The predicted molar refractivity (Wildman–Crippen MR) is 77.4 cm³/mol. The fourth-order valence-corrected chi connectivity index (χ4v) is 2.84. The number of hydrogen-bond acceptors (Lipinski definition) is 3. The van der Waals surface area contributed by atoms with Gasteiger partial charge >= 0.3 is 0 Å². The molecule has 0 bridgehead atoms. The van der Waals surface area contributed by atoms with Crippen LogP contribution in [0.4, 0.5) is 5.69 Å². The number of nitrogens with one attached hydrogen (secondary N) is 1. The molecule has 20 heavy (non-hydrogen) atoms. The Balaban J connectivity index is 1.83. The van der Waals surface area contributed by atoms with Crippen LogP contribution < -0.4 is 11.1 Å². The number of furan rings is 1. The smallest absolute Gasteiger partial charge is 0.255 e. The first-order valence-electron chi connectivity index (χ1n) is 6.88. The van der Waals surface area contributed by atoms with Gasteiger partial charge in [0.1, 0.15) is 5.76 Å². The molecule has 0 fully saturated rings. The number of anilines is 1. The van der Waals surface area contributed by atoms with Crippen molar-refractivity contribution in [1.82, 2.24) is 5.32 Å². The summed E-state index contributed by atoms with van der Waals surface area (Å²) in [4.78, 5) is 12.3. The fraction of sp³-hybridized carbons (Fsp3) is 0.312. The Kier molecular flexibility index (Phi) is 3.22. The minimum atomic E-state index is -0.0778. The molecule has 1 aromatic heterocycles. The molecule has 3 rings (SSSR count). The normalized spacial score (nSPS) is 17.6. The Hall–Kier alpha value is -2.23. The molecule has 3 N–H and O–H groups in total. The zero-order valence-corrected chi connectivity index (χ0v) is 11.5. The van der Waals surface area contributed by atoms with Gasteiger partial charge in [-0.2, -0.15) is 0 Å². The summed E-state index contributed by atoms with van der Waals surface area (Å²) < 4.78 is 5.18. The highest BCUT2D eigenvalue weighted by Gasteiger charge is 2.23. The van der Waals surface area contributed by atoms with E-state index in [1.54, 1.807) is 19.3 Å². The molecular weight excluding hydrogens is 252 g/mol. The third-order valence-corrected chi connectivity index (χ3v) is 3.89. The lowest BCUT2D eigenvalue weighted by Gasteiger charge is -2.26. The van der Waals surface area contributed by atoms with E-state index < -0.39 is 0 Å². The SMILES string of the molecule is Cc1occc1C(=O)NC1CCCc2cc(N)ccc21. The maximum absolute atomic E-state index is 12.3. The van der Waals surface area contributed by atoms with Crippen LogP contribution in [0.25, 0.3) is 0 Å². The summed E-state index contributed by atoms with van der Waals surface area (Å²) in [5, 5.41) is 3.10. The van der Waals surface area contributed by atoms with Crippen molar-refractivity contribution in [3.63, 3.8) is 0 Å². The number of rotatable bonds is 2. The molecule has 0 aliphatic heterocycles. The second kappa shape index (κ2) is 5.04. The maximum Gasteiger partial charge on any atom is 0.255 e. The molecular formula is C16H18N2O2. The lowest BCUT2D eigenvalue weighted by molar-refractivity contribution is 0.0931. The van der Waals surface area contributed by atoms with Crippen molar-refractivity contribution in [2.24, 2.45) is 0 Å². The zero-order valence-electron chi connectivity index (χ0n) is 11.5. The summed E-state index contributed by atoms with van der Waals surface area (Å²) >= 11 is 0. The molecule has 0 spiro atoms. The van der Waals surface area contributed by atoms with Crippen LogP contribution in [0.3, 0.4) is 0 Å². The number of aryl methyl sites for hydroxylation is 2. The Labute approximate surface area is 118 Å². The standard InChI is InChI=1S/C16H18N2O2/c1-10-13(7-8-20-10)16(19)18-15-4-2-3-11-9-12(17)5-6-14(11)15/h5-9,15H,2-4,17H2,1H3,(H,18,19). The Morgan fingerprint density at radius 1 is 1.40 bits per heavy atom. The number of carbonyl (C=O) groups is 1. The number of nitrogen functional groups attached to an aromatic ring is 1. The quantitative estimate of drug-likeness (QED) is 0.824. The number of fused-ring (bicyclic) bond motifs is 1. The van der Waals surface area contributed by atoms with Gasteiger partial charge in [-0.1, -0.05) is 6.07 Å². The second-order valence-corrected chi connectivity index (χ2v) is 5.27. The molecule has 4 heteroatoms. The second-order valence-electron chi connectivity index (χ2n) is 5.27. The predicted octanol–water partition coefficient (Wildman–Crippen LogP) is 2.98. The van der Waals surface area contributed by atoms with Crippen LogP contribution in [-0.4, -0.2) is 5.91 Å². The molecule has 1 aliphatic rings. The third-order valence-electron chi connectivity index (χ3n) is 3.89. The molecule has 1 aromatic carbocycles. The van der Waals surface area contributed by atoms with E-state index in [1.807, 2.05) is 18.2 Å². The first-order chi connectivity index (χ1) is 9.65. The monoisotopic (exact) mass is 270 g/mol.